The van der Waals surface area contributed by atoms with Crippen molar-refractivity contribution in [2.24, 2.45) is 0 Å². The molecule has 1 aromatic carbocycles. The number of aromatic amines is 1. The van der Waals surface area contributed by atoms with Crippen LogP contribution in [0, 0.1) is 0 Å². The molecule has 0 saturated carbocycles. The molecule has 2 heterocycles. The Morgan fingerprint density at radius 2 is 2.04 bits per heavy atom. The molecule has 1 amide bonds. The van der Waals surface area contributed by atoms with Crippen LogP contribution in [-0.2, 0) is 9.84 Å². The standard InChI is InChI=1S/C17H23N3O3S/c1-19(2)8-9-20(15-6-10-24(22,23)12-15)17(21)14-4-3-13-5-7-18-16(13)11-14/h3-5,7,11,15,18H,6,8-10,12H2,1-2H3. The fraction of sp³-hybridized carbons (Fsp3) is 0.471. The number of hydrogen-bond acceptors (Lipinski definition) is 4. The van der Waals surface area contributed by atoms with E-state index in [-0.39, 0.29) is 23.5 Å². The molecule has 1 atom stereocenters. The third kappa shape index (κ3) is 3.62. The van der Waals surface area contributed by atoms with Gasteiger partial charge in [0, 0.05) is 36.4 Å². The normalized spacial score (nSPS) is 19.9. The first kappa shape index (κ1) is 17.0. The van der Waals surface area contributed by atoms with Crippen molar-refractivity contribution < 1.29 is 13.2 Å². The lowest BCUT2D eigenvalue weighted by atomic mass is 10.1. The second kappa shape index (κ2) is 6.57. The second-order valence-electron chi connectivity index (χ2n) is 6.64. The van der Waals surface area contributed by atoms with Crippen molar-refractivity contribution in [1.29, 1.82) is 0 Å². The first-order valence-corrected chi connectivity index (χ1v) is 9.91. The number of carbonyl (C=O) groups is 1. The van der Waals surface area contributed by atoms with Crippen LogP contribution in [0.25, 0.3) is 10.9 Å². The molecule has 0 bridgehead atoms. The number of nitrogens with one attached hydrogen (secondary N) is 1. The van der Waals surface area contributed by atoms with E-state index in [9.17, 15) is 13.2 Å². The van der Waals surface area contributed by atoms with Gasteiger partial charge >= 0.3 is 0 Å². The van der Waals surface area contributed by atoms with Crippen molar-refractivity contribution in [3.05, 3.63) is 36.0 Å². The molecule has 1 unspecified atom stereocenters. The number of sulfone groups is 1. The lowest BCUT2D eigenvalue weighted by molar-refractivity contribution is 0.0684. The van der Waals surface area contributed by atoms with Crippen LogP contribution in [0.1, 0.15) is 16.8 Å². The SMILES string of the molecule is CN(C)CCN(C(=O)c1ccc2cc[nH]c2c1)C1CCS(=O)(=O)C1. The van der Waals surface area contributed by atoms with Gasteiger partial charge in [0.05, 0.1) is 11.5 Å². The lowest BCUT2D eigenvalue weighted by Gasteiger charge is -2.29. The second-order valence-corrected chi connectivity index (χ2v) is 8.87. The number of aromatic nitrogens is 1. The molecule has 1 N–H and O–H groups in total. The quantitative estimate of drug-likeness (QED) is 0.884. The molecular weight excluding hydrogens is 326 g/mol. The van der Waals surface area contributed by atoms with E-state index < -0.39 is 9.84 Å². The van der Waals surface area contributed by atoms with Gasteiger partial charge in [-0.2, -0.15) is 0 Å². The topological polar surface area (TPSA) is 73.5 Å². The number of hydrogen-bond donors (Lipinski definition) is 1. The number of fused-ring (bicyclic) bond motifs is 1. The third-order valence-corrected chi connectivity index (χ3v) is 6.25. The van der Waals surface area contributed by atoms with Crippen molar-refractivity contribution >= 4 is 26.6 Å². The first-order chi connectivity index (χ1) is 11.4. The van der Waals surface area contributed by atoms with E-state index in [1.807, 2.05) is 49.5 Å². The molecule has 7 heteroatoms. The predicted molar refractivity (Wildman–Crippen MR) is 94.9 cm³/mol. The summed E-state index contributed by atoms with van der Waals surface area (Å²) in [7, 11) is 0.853. The number of rotatable bonds is 5. The Hall–Kier alpha value is -1.86. The molecule has 0 aliphatic carbocycles. The maximum absolute atomic E-state index is 13.0. The van der Waals surface area contributed by atoms with Gasteiger partial charge in [-0.25, -0.2) is 8.42 Å². The lowest BCUT2D eigenvalue weighted by Crippen LogP contribution is -2.44. The molecule has 0 radical (unpaired) electrons. The number of nitrogens with zero attached hydrogens (tertiary/aromatic N) is 2. The third-order valence-electron chi connectivity index (χ3n) is 4.50. The molecule has 24 heavy (non-hydrogen) atoms. The minimum absolute atomic E-state index is 0.0664. The van der Waals surface area contributed by atoms with Gasteiger partial charge in [-0.3, -0.25) is 4.79 Å². The van der Waals surface area contributed by atoms with Crippen LogP contribution >= 0.6 is 0 Å². The van der Waals surface area contributed by atoms with E-state index in [4.69, 9.17) is 0 Å². The van der Waals surface area contributed by atoms with Gasteiger partial charge in [-0.15, -0.1) is 0 Å². The maximum atomic E-state index is 13.0. The zero-order chi connectivity index (χ0) is 17.3. The van der Waals surface area contributed by atoms with Gasteiger partial charge in [0.15, 0.2) is 9.84 Å². The van der Waals surface area contributed by atoms with E-state index in [1.54, 1.807) is 4.90 Å². The predicted octanol–water partition coefficient (Wildman–Crippen LogP) is 1.36. The average molecular weight is 349 g/mol. The number of H-pyrrole nitrogens is 1. The molecule has 2 aromatic rings. The maximum Gasteiger partial charge on any atom is 0.254 e. The van der Waals surface area contributed by atoms with Crippen molar-refractivity contribution in [2.45, 2.75) is 12.5 Å². The summed E-state index contributed by atoms with van der Waals surface area (Å²) < 4.78 is 23.7. The Bertz CT molecular complexity index is 842. The largest absolute Gasteiger partial charge is 0.361 e. The number of carbonyl (C=O) groups excluding carboxylic acids is 1. The minimum atomic E-state index is -3.03. The molecular formula is C17H23N3O3S. The van der Waals surface area contributed by atoms with Crippen molar-refractivity contribution in [2.75, 3.05) is 38.7 Å². The van der Waals surface area contributed by atoms with Crippen molar-refractivity contribution in [3.8, 4) is 0 Å². The van der Waals surface area contributed by atoms with E-state index in [2.05, 4.69) is 4.98 Å². The highest BCUT2D eigenvalue weighted by Crippen LogP contribution is 2.21. The Morgan fingerprint density at radius 3 is 2.71 bits per heavy atom. The minimum Gasteiger partial charge on any atom is -0.361 e. The van der Waals surface area contributed by atoms with E-state index in [0.717, 1.165) is 10.9 Å². The monoisotopic (exact) mass is 349 g/mol. The van der Waals surface area contributed by atoms with Crippen molar-refractivity contribution in [3.63, 3.8) is 0 Å². The van der Waals surface area contributed by atoms with Crippen LogP contribution in [-0.4, -0.2) is 73.8 Å². The molecule has 0 spiro atoms. The van der Waals surface area contributed by atoms with Crippen molar-refractivity contribution in [1.82, 2.24) is 14.8 Å². The summed E-state index contributed by atoms with van der Waals surface area (Å²) in [6, 6.07) is 7.28. The molecule has 1 aliphatic heterocycles. The van der Waals surface area contributed by atoms with Gasteiger partial charge in [0.2, 0.25) is 0 Å². The van der Waals surface area contributed by atoms with Crippen LogP contribution in [0.4, 0.5) is 0 Å². The average Bonchev–Trinajstić information content (AvgIpc) is 3.12. The fourth-order valence-electron chi connectivity index (χ4n) is 3.13. The zero-order valence-corrected chi connectivity index (χ0v) is 14.8. The van der Waals surface area contributed by atoms with E-state index >= 15 is 0 Å². The molecule has 1 aromatic heterocycles. The van der Waals surface area contributed by atoms with Gasteiger partial charge in [0.25, 0.3) is 5.91 Å². The summed E-state index contributed by atoms with van der Waals surface area (Å²) in [6.07, 6.45) is 2.36. The highest BCUT2D eigenvalue weighted by atomic mass is 32.2. The molecule has 130 valence electrons. The Morgan fingerprint density at radius 1 is 1.25 bits per heavy atom. The molecule has 1 fully saturated rings. The molecule has 6 nitrogen and oxygen atoms in total. The van der Waals surface area contributed by atoms with Gasteiger partial charge in [-0.05, 0) is 44.1 Å². The highest BCUT2D eigenvalue weighted by Gasteiger charge is 2.34. The Balaban J connectivity index is 1.86. The molecule has 1 aliphatic rings. The summed E-state index contributed by atoms with van der Waals surface area (Å²) in [6.45, 7) is 1.22. The Labute approximate surface area is 142 Å². The zero-order valence-electron chi connectivity index (χ0n) is 14.0. The van der Waals surface area contributed by atoms with Gasteiger partial charge in [-0.1, -0.05) is 6.07 Å². The van der Waals surface area contributed by atoms with E-state index in [1.165, 1.54) is 0 Å². The summed E-state index contributed by atoms with van der Waals surface area (Å²) in [5.41, 5.74) is 1.50. The number of benzene rings is 1. The number of amides is 1. The molecule has 3 rings (SSSR count). The van der Waals surface area contributed by atoms with Gasteiger partial charge < -0.3 is 14.8 Å². The van der Waals surface area contributed by atoms with Gasteiger partial charge in [0.1, 0.15) is 0 Å². The van der Waals surface area contributed by atoms with E-state index in [0.29, 0.717) is 25.1 Å². The first-order valence-electron chi connectivity index (χ1n) is 8.09. The van der Waals surface area contributed by atoms with Crippen LogP contribution in [0.3, 0.4) is 0 Å². The summed E-state index contributed by atoms with van der Waals surface area (Å²) in [5.74, 6) is 0.131. The smallest absolute Gasteiger partial charge is 0.254 e. The van der Waals surface area contributed by atoms with Crippen LogP contribution < -0.4 is 0 Å². The summed E-state index contributed by atoms with van der Waals surface area (Å²) in [4.78, 5) is 19.9. The molecule has 1 saturated heterocycles. The fourth-order valence-corrected chi connectivity index (χ4v) is 4.86. The summed E-state index contributed by atoms with van der Waals surface area (Å²) >= 11 is 0. The van der Waals surface area contributed by atoms with Crippen LogP contribution in [0.15, 0.2) is 30.5 Å². The Kier molecular flexibility index (Phi) is 4.64. The number of likely N-dealkylation sites (N-methyl/N-ethyl adjacent to an activating group) is 1. The highest BCUT2D eigenvalue weighted by molar-refractivity contribution is 7.91. The summed E-state index contributed by atoms with van der Waals surface area (Å²) in [5, 5.41) is 1.05. The van der Waals surface area contributed by atoms with Crippen LogP contribution in [0.2, 0.25) is 0 Å². The van der Waals surface area contributed by atoms with Crippen LogP contribution in [0.5, 0.6) is 0 Å².